The van der Waals surface area contributed by atoms with Gasteiger partial charge >= 0.3 is 0 Å². The van der Waals surface area contributed by atoms with Crippen molar-refractivity contribution in [2.45, 2.75) is 26.8 Å². The van der Waals surface area contributed by atoms with Crippen LogP contribution < -0.4 is 10.2 Å². The topological polar surface area (TPSA) is 69.5 Å². The third-order valence-electron chi connectivity index (χ3n) is 4.37. The molecule has 0 bridgehead atoms. The molecule has 142 valence electrons. The molecule has 7 nitrogen and oxygen atoms in total. The van der Waals surface area contributed by atoms with Gasteiger partial charge in [0.1, 0.15) is 5.82 Å². The zero-order valence-corrected chi connectivity index (χ0v) is 18.6. The van der Waals surface area contributed by atoms with Crippen LogP contribution in [-0.2, 0) is 13.0 Å². The number of aliphatic imine (C=N–C) groups is 1. The van der Waals surface area contributed by atoms with Gasteiger partial charge in [0.15, 0.2) is 5.96 Å². The zero-order valence-electron chi connectivity index (χ0n) is 15.5. The fourth-order valence-corrected chi connectivity index (χ4v) is 3.63. The van der Waals surface area contributed by atoms with E-state index in [0.717, 1.165) is 55.2 Å². The van der Waals surface area contributed by atoms with Crippen molar-refractivity contribution in [3.05, 3.63) is 35.4 Å². The Labute approximate surface area is 176 Å². The Balaban J connectivity index is 0.00000243. The van der Waals surface area contributed by atoms with Gasteiger partial charge in [-0.1, -0.05) is 13.0 Å². The quantitative estimate of drug-likeness (QED) is 0.406. The first kappa shape index (κ1) is 20.8. The maximum atomic E-state index is 4.59. The molecular formula is C17H26IN7S. The highest BCUT2D eigenvalue weighted by molar-refractivity contribution is 14.0. The van der Waals surface area contributed by atoms with Gasteiger partial charge in [0, 0.05) is 57.4 Å². The summed E-state index contributed by atoms with van der Waals surface area (Å²) in [6, 6.07) is 4.04. The van der Waals surface area contributed by atoms with E-state index in [2.05, 4.69) is 54.4 Å². The van der Waals surface area contributed by atoms with Crippen LogP contribution >= 0.6 is 35.5 Å². The molecule has 0 aliphatic carbocycles. The van der Waals surface area contributed by atoms with Crippen LogP contribution in [0, 0.1) is 6.92 Å². The van der Waals surface area contributed by atoms with Gasteiger partial charge in [-0.15, -0.1) is 24.0 Å². The van der Waals surface area contributed by atoms with Crippen LogP contribution in [0.1, 0.15) is 24.0 Å². The van der Waals surface area contributed by atoms with Crippen molar-refractivity contribution in [1.82, 2.24) is 24.6 Å². The van der Waals surface area contributed by atoms with Gasteiger partial charge in [0.05, 0.1) is 12.2 Å². The number of nitrogens with zero attached hydrogens (tertiary/aromatic N) is 6. The molecule has 26 heavy (non-hydrogen) atoms. The maximum absolute atomic E-state index is 4.59. The lowest BCUT2D eigenvalue weighted by Crippen LogP contribution is -2.52. The molecule has 2 aromatic heterocycles. The molecule has 0 spiro atoms. The lowest BCUT2D eigenvalue weighted by atomic mass is 10.2. The molecule has 0 saturated carbocycles. The fourth-order valence-electron chi connectivity index (χ4n) is 2.82. The number of nitrogens with one attached hydrogen (secondary N) is 1. The van der Waals surface area contributed by atoms with E-state index in [0.29, 0.717) is 6.54 Å². The van der Waals surface area contributed by atoms with Gasteiger partial charge in [-0.3, -0.25) is 9.98 Å². The molecule has 3 heterocycles. The highest BCUT2D eigenvalue weighted by Gasteiger charge is 2.22. The smallest absolute Gasteiger partial charge is 0.205 e. The second-order valence-corrected chi connectivity index (χ2v) is 6.72. The number of hydrogen-bond donors (Lipinski definition) is 1. The summed E-state index contributed by atoms with van der Waals surface area (Å²) in [4.78, 5) is 18.1. The van der Waals surface area contributed by atoms with Crippen LogP contribution in [0.3, 0.4) is 0 Å². The van der Waals surface area contributed by atoms with Crippen molar-refractivity contribution in [2.75, 3.05) is 38.1 Å². The number of halogens is 1. The lowest BCUT2D eigenvalue weighted by molar-refractivity contribution is 0.372. The summed E-state index contributed by atoms with van der Waals surface area (Å²) >= 11 is 1.50. The molecule has 0 atom stereocenters. The average molecular weight is 487 g/mol. The van der Waals surface area contributed by atoms with Gasteiger partial charge in [-0.2, -0.15) is 4.37 Å². The van der Waals surface area contributed by atoms with Crippen molar-refractivity contribution < 1.29 is 0 Å². The van der Waals surface area contributed by atoms with Gasteiger partial charge in [0.25, 0.3) is 0 Å². The van der Waals surface area contributed by atoms with Crippen LogP contribution in [-0.4, -0.2) is 58.4 Å². The standard InChI is InChI=1S/C17H25N7S.HI/c1-4-15-21-17(25-22-15)24-10-8-23(9-11-24)16(18-3)20-12-14-13(2)6-5-7-19-14;/h5-7H,4,8-12H2,1-3H3,(H,18,20);1H. The molecule has 1 N–H and O–H groups in total. The minimum absolute atomic E-state index is 0. The number of aromatic nitrogens is 3. The van der Waals surface area contributed by atoms with Crippen molar-refractivity contribution in [2.24, 2.45) is 4.99 Å². The van der Waals surface area contributed by atoms with E-state index in [-0.39, 0.29) is 24.0 Å². The minimum Gasteiger partial charge on any atom is -0.351 e. The van der Waals surface area contributed by atoms with Gasteiger partial charge in [0.2, 0.25) is 5.13 Å². The molecule has 1 aliphatic rings. The molecule has 0 radical (unpaired) electrons. The highest BCUT2D eigenvalue weighted by atomic mass is 127. The first-order chi connectivity index (χ1) is 12.2. The second kappa shape index (κ2) is 10.0. The number of aryl methyl sites for hydroxylation is 2. The summed E-state index contributed by atoms with van der Waals surface area (Å²) in [5, 5.41) is 4.46. The summed E-state index contributed by atoms with van der Waals surface area (Å²) in [5.41, 5.74) is 2.25. The Morgan fingerprint density at radius 2 is 2.08 bits per heavy atom. The molecule has 0 aromatic carbocycles. The van der Waals surface area contributed by atoms with Crippen molar-refractivity contribution in [3.63, 3.8) is 0 Å². The van der Waals surface area contributed by atoms with Gasteiger partial charge in [-0.25, -0.2) is 4.98 Å². The summed E-state index contributed by atoms with van der Waals surface area (Å²) < 4.78 is 4.38. The van der Waals surface area contributed by atoms with Gasteiger partial charge < -0.3 is 15.1 Å². The van der Waals surface area contributed by atoms with E-state index in [9.17, 15) is 0 Å². The Morgan fingerprint density at radius 3 is 2.69 bits per heavy atom. The predicted molar refractivity (Wildman–Crippen MR) is 118 cm³/mol. The van der Waals surface area contributed by atoms with Crippen molar-refractivity contribution in [3.8, 4) is 0 Å². The zero-order chi connectivity index (χ0) is 17.6. The normalized spacial score (nSPS) is 15.0. The monoisotopic (exact) mass is 487 g/mol. The first-order valence-electron chi connectivity index (χ1n) is 8.65. The number of piperazine rings is 1. The van der Waals surface area contributed by atoms with Crippen LogP contribution in [0.5, 0.6) is 0 Å². The van der Waals surface area contributed by atoms with E-state index in [4.69, 9.17) is 0 Å². The highest BCUT2D eigenvalue weighted by Crippen LogP contribution is 2.19. The maximum Gasteiger partial charge on any atom is 0.205 e. The molecule has 1 aliphatic heterocycles. The van der Waals surface area contributed by atoms with E-state index in [1.165, 1.54) is 17.1 Å². The summed E-state index contributed by atoms with van der Waals surface area (Å²) in [6.07, 6.45) is 2.72. The molecule has 1 fully saturated rings. The first-order valence-corrected chi connectivity index (χ1v) is 9.42. The molecule has 9 heteroatoms. The average Bonchev–Trinajstić information content (AvgIpc) is 3.13. The Bertz CT molecular complexity index is 725. The molecular weight excluding hydrogens is 461 g/mol. The van der Waals surface area contributed by atoms with Crippen LogP contribution in [0.2, 0.25) is 0 Å². The molecule has 1 saturated heterocycles. The molecule has 0 amide bonds. The van der Waals surface area contributed by atoms with E-state index >= 15 is 0 Å². The molecule has 3 rings (SSSR count). The summed E-state index contributed by atoms with van der Waals surface area (Å²) in [6.45, 7) is 8.56. The van der Waals surface area contributed by atoms with E-state index in [1.807, 2.05) is 19.3 Å². The number of hydrogen-bond acceptors (Lipinski definition) is 6. The lowest BCUT2D eigenvalue weighted by Gasteiger charge is -2.36. The van der Waals surface area contributed by atoms with Crippen LogP contribution in [0.4, 0.5) is 5.13 Å². The van der Waals surface area contributed by atoms with E-state index < -0.39 is 0 Å². The third-order valence-corrected chi connectivity index (χ3v) is 5.18. The number of guanidine groups is 1. The molecule has 0 unspecified atom stereocenters. The molecule has 2 aromatic rings. The summed E-state index contributed by atoms with van der Waals surface area (Å²) in [5.74, 6) is 1.86. The predicted octanol–water partition coefficient (Wildman–Crippen LogP) is 2.32. The second-order valence-electron chi connectivity index (χ2n) is 5.99. The largest absolute Gasteiger partial charge is 0.351 e. The number of anilines is 1. The Morgan fingerprint density at radius 1 is 1.31 bits per heavy atom. The van der Waals surface area contributed by atoms with E-state index in [1.54, 1.807) is 0 Å². The van der Waals surface area contributed by atoms with Crippen molar-refractivity contribution >= 4 is 46.6 Å². The Hall–Kier alpha value is -1.49. The minimum atomic E-state index is 0. The van der Waals surface area contributed by atoms with Gasteiger partial charge in [-0.05, 0) is 18.6 Å². The SMILES string of the molecule is CCc1nsc(N2CCN(C(=NC)NCc3ncccc3C)CC2)n1.I. The van der Waals surface area contributed by atoms with Crippen LogP contribution in [0.25, 0.3) is 0 Å². The van der Waals surface area contributed by atoms with Crippen molar-refractivity contribution in [1.29, 1.82) is 0 Å². The summed E-state index contributed by atoms with van der Waals surface area (Å²) in [7, 11) is 1.83. The Kier molecular flexibility index (Phi) is 8.01. The van der Waals surface area contributed by atoms with Crippen LogP contribution in [0.15, 0.2) is 23.3 Å². The number of rotatable bonds is 4. The fraction of sp³-hybridized carbons (Fsp3) is 0.529. The third kappa shape index (κ3) is 5.03. The number of pyridine rings is 1.